The van der Waals surface area contributed by atoms with Gasteiger partial charge in [0.25, 0.3) is 0 Å². The second-order valence-electron chi connectivity index (χ2n) is 2.38. The van der Waals surface area contributed by atoms with Crippen molar-refractivity contribution in [2.75, 3.05) is 13.3 Å². The van der Waals surface area contributed by atoms with Crippen LogP contribution in [-0.2, 0) is 47.0 Å². The van der Waals surface area contributed by atoms with Crippen LogP contribution >= 0.6 is 0 Å². The minimum Gasteiger partial charge on any atom is -0.465 e. The van der Waals surface area contributed by atoms with Crippen molar-refractivity contribution in [3.05, 3.63) is 20.1 Å². The van der Waals surface area contributed by atoms with Gasteiger partial charge in [-0.1, -0.05) is 6.58 Å². The minimum atomic E-state index is -1.23. The van der Waals surface area contributed by atoms with Crippen molar-refractivity contribution in [1.82, 2.24) is 10.6 Å². The van der Waals surface area contributed by atoms with E-state index in [0.717, 1.165) is 6.08 Å². The number of carboxylic acid groups (broad SMARTS) is 1. The Morgan fingerprint density at radius 3 is 2.35 bits per heavy atom. The van der Waals surface area contributed by atoms with E-state index in [-0.39, 0.29) is 59.8 Å². The molecule has 0 aliphatic rings. The number of carbonyl (C=O) groups excluding carboxylic acids is 2. The van der Waals surface area contributed by atoms with Crippen LogP contribution in [0, 0.1) is 7.43 Å². The largest absolute Gasteiger partial charge is 0.465 e. The van der Waals surface area contributed by atoms with Gasteiger partial charge in [-0.3, -0.25) is 4.79 Å². The van der Waals surface area contributed by atoms with Gasteiger partial charge in [0, 0.05) is 38.8 Å². The molecular weight excluding hydrogens is 305 g/mol. The topological polar surface area (TPSA) is 105 Å². The summed E-state index contributed by atoms with van der Waals surface area (Å²) >= 11 is 0. The van der Waals surface area contributed by atoms with Gasteiger partial charge < -0.3 is 27.9 Å². The molecule has 3 N–H and O–H groups in total. The third-order valence-corrected chi connectivity index (χ3v) is 1.27. The molecule has 95 valence electrons. The third kappa shape index (κ3) is 15.1. The summed E-state index contributed by atoms with van der Waals surface area (Å²) in [6.07, 6.45) is -0.265. The summed E-state index contributed by atoms with van der Waals surface area (Å²) in [5.41, 5.74) is 0. The molecule has 0 spiro atoms. The molecule has 0 atom stereocenters. The fraction of sp³-hybridized carbons (Fsp3) is 0.333. The molecule has 0 saturated heterocycles. The molecule has 0 bridgehead atoms. The first-order valence-electron chi connectivity index (χ1n) is 4.09. The van der Waals surface area contributed by atoms with Gasteiger partial charge >= 0.3 is 12.1 Å². The summed E-state index contributed by atoms with van der Waals surface area (Å²) in [6, 6.07) is 0. The summed E-state index contributed by atoms with van der Waals surface area (Å²) in [5, 5.41) is 12.4. The molecular formula is C9H15N2O5Y-. The Morgan fingerprint density at radius 1 is 1.29 bits per heavy atom. The standard InChI is InChI=1S/C8H12N2O5.CH3.Y/c1-2-7(12)15-4-3-6(11)9-5-10-8(13)14;;/h2,10H,1,3-5H2,(H,9,11)(H,13,14);1H3;/q;-1;. The van der Waals surface area contributed by atoms with Gasteiger partial charge in [-0.25, -0.2) is 9.59 Å². The molecule has 1 radical (unpaired) electrons. The van der Waals surface area contributed by atoms with Crippen molar-refractivity contribution < 1.29 is 56.9 Å². The number of rotatable bonds is 6. The fourth-order valence-corrected chi connectivity index (χ4v) is 0.610. The third-order valence-electron chi connectivity index (χ3n) is 1.27. The van der Waals surface area contributed by atoms with Crippen LogP contribution in [0.3, 0.4) is 0 Å². The molecule has 17 heavy (non-hydrogen) atoms. The molecule has 0 fully saturated rings. The molecule has 0 unspecified atom stereocenters. The monoisotopic (exact) mass is 320 g/mol. The zero-order valence-corrected chi connectivity index (χ0v) is 12.4. The Kier molecular flexibility index (Phi) is 16.5. The molecule has 0 aromatic heterocycles. The van der Waals surface area contributed by atoms with E-state index < -0.39 is 18.0 Å². The number of hydrogen-bond acceptors (Lipinski definition) is 4. The maximum absolute atomic E-state index is 10.9. The molecule has 0 heterocycles. The molecule has 0 aromatic rings. The molecule has 0 rings (SSSR count). The van der Waals surface area contributed by atoms with Crippen molar-refractivity contribution in [1.29, 1.82) is 0 Å². The molecule has 7 nitrogen and oxygen atoms in total. The molecule has 0 aliphatic heterocycles. The fourth-order valence-electron chi connectivity index (χ4n) is 0.610. The average molecular weight is 320 g/mol. The van der Waals surface area contributed by atoms with E-state index >= 15 is 0 Å². The van der Waals surface area contributed by atoms with Gasteiger partial charge in [0.15, 0.2) is 0 Å². The van der Waals surface area contributed by atoms with E-state index in [1.54, 1.807) is 0 Å². The Bertz CT molecular complexity index is 270. The summed E-state index contributed by atoms with van der Waals surface area (Å²) in [7, 11) is 0. The van der Waals surface area contributed by atoms with Gasteiger partial charge in [-0.2, -0.15) is 0 Å². The van der Waals surface area contributed by atoms with E-state index in [0.29, 0.717) is 0 Å². The summed E-state index contributed by atoms with van der Waals surface area (Å²) in [6.45, 7) is 2.93. The predicted octanol–water partition coefficient (Wildman–Crippen LogP) is -0.105. The molecule has 8 heteroatoms. The predicted molar refractivity (Wildman–Crippen MR) is 56.4 cm³/mol. The van der Waals surface area contributed by atoms with Gasteiger partial charge in [-0.05, 0) is 0 Å². The number of esters is 1. The summed E-state index contributed by atoms with van der Waals surface area (Å²) in [4.78, 5) is 31.4. The van der Waals surface area contributed by atoms with Crippen LogP contribution in [0.5, 0.6) is 0 Å². The Labute approximate surface area is 125 Å². The second kappa shape index (κ2) is 13.1. The first kappa shape index (κ1) is 21.4. The Balaban J connectivity index is -0.000000980. The van der Waals surface area contributed by atoms with Crippen LogP contribution in [0.4, 0.5) is 4.79 Å². The zero-order valence-electron chi connectivity index (χ0n) is 9.56. The number of carbonyl (C=O) groups is 3. The van der Waals surface area contributed by atoms with Crippen molar-refractivity contribution in [3.8, 4) is 0 Å². The van der Waals surface area contributed by atoms with E-state index in [4.69, 9.17) is 5.11 Å². The normalized spacial score (nSPS) is 7.76. The maximum atomic E-state index is 10.9. The first-order chi connectivity index (χ1) is 7.06. The van der Waals surface area contributed by atoms with Crippen LogP contribution < -0.4 is 10.6 Å². The molecule has 0 aromatic carbocycles. The first-order valence-corrected chi connectivity index (χ1v) is 4.09. The number of ether oxygens (including phenoxy) is 1. The SMILES string of the molecule is C=CC(=O)OCCC(=O)NCNC(=O)O.[CH3-].[Y]. The van der Waals surface area contributed by atoms with Gasteiger partial charge in [-0.15, -0.1) is 0 Å². The van der Waals surface area contributed by atoms with Crippen molar-refractivity contribution in [2.24, 2.45) is 0 Å². The van der Waals surface area contributed by atoms with Crippen molar-refractivity contribution >= 4 is 18.0 Å². The molecule has 2 amide bonds. The number of nitrogens with one attached hydrogen (secondary N) is 2. The van der Waals surface area contributed by atoms with E-state index in [9.17, 15) is 14.4 Å². The zero-order chi connectivity index (χ0) is 11.7. The Morgan fingerprint density at radius 2 is 1.88 bits per heavy atom. The van der Waals surface area contributed by atoms with Crippen LogP contribution in [0.15, 0.2) is 12.7 Å². The van der Waals surface area contributed by atoms with E-state index in [2.05, 4.69) is 16.6 Å². The number of hydrogen-bond donors (Lipinski definition) is 3. The Hall–Kier alpha value is -0.946. The van der Waals surface area contributed by atoms with Crippen molar-refractivity contribution in [3.63, 3.8) is 0 Å². The second-order valence-corrected chi connectivity index (χ2v) is 2.38. The van der Waals surface area contributed by atoms with E-state index in [1.165, 1.54) is 0 Å². The van der Waals surface area contributed by atoms with Gasteiger partial charge in [0.05, 0.1) is 13.1 Å². The smallest absolute Gasteiger partial charge is 0.406 e. The quantitative estimate of drug-likeness (QED) is 0.274. The molecule has 0 saturated carbocycles. The maximum Gasteiger partial charge on any atom is 0.406 e. The van der Waals surface area contributed by atoms with Crippen LogP contribution in [0.2, 0.25) is 0 Å². The number of amides is 2. The van der Waals surface area contributed by atoms with Crippen LogP contribution in [-0.4, -0.2) is 36.4 Å². The molecule has 0 aliphatic carbocycles. The van der Waals surface area contributed by atoms with E-state index in [1.807, 2.05) is 5.32 Å². The van der Waals surface area contributed by atoms with Crippen LogP contribution in [0.1, 0.15) is 6.42 Å². The van der Waals surface area contributed by atoms with Gasteiger partial charge in [0.2, 0.25) is 5.91 Å². The summed E-state index contributed by atoms with van der Waals surface area (Å²) in [5.74, 6) is -1.02. The van der Waals surface area contributed by atoms with Crippen molar-refractivity contribution in [2.45, 2.75) is 6.42 Å². The summed E-state index contributed by atoms with van der Waals surface area (Å²) < 4.78 is 4.53. The van der Waals surface area contributed by atoms with Crippen LogP contribution in [0.25, 0.3) is 0 Å². The minimum absolute atomic E-state index is 0. The van der Waals surface area contributed by atoms with Gasteiger partial charge in [0.1, 0.15) is 6.61 Å². The average Bonchev–Trinajstić information content (AvgIpc) is 2.17.